The molecular formula is C12H17BrN2O. The fraction of sp³-hybridized carbons (Fsp3) is 0.417. The second-order valence-corrected chi connectivity index (χ2v) is 4.91. The predicted octanol–water partition coefficient (Wildman–Crippen LogP) is 2.69. The molecule has 1 rings (SSSR count). The molecule has 0 atom stereocenters. The van der Waals surface area contributed by atoms with E-state index in [1.807, 2.05) is 39.0 Å². The van der Waals surface area contributed by atoms with Crippen LogP contribution in [-0.2, 0) is 4.79 Å². The SMILES string of the molecule is Cc1ccc(NCC(=O)NC(C)C)c(Br)c1. The number of amides is 1. The smallest absolute Gasteiger partial charge is 0.239 e. The van der Waals surface area contributed by atoms with Gasteiger partial charge in [0, 0.05) is 16.2 Å². The second kappa shape index (κ2) is 5.89. The van der Waals surface area contributed by atoms with Crippen LogP contribution in [0.25, 0.3) is 0 Å². The monoisotopic (exact) mass is 284 g/mol. The van der Waals surface area contributed by atoms with E-state index in [0.29, 0.717) is 6.54 Å². The molecule has 0 radical (unpaired) electrons. The first kappa shape index (κ1) is 13.0. The molecule has 0 spiro atoms. The van der Waals surface area contributed by atoms with Crippen molar-refractivity contribution in [3.05, 3.63) is 28.2 Å². The third-order valence-electron chi connectivity index (χ3n) is 2.01. The van der Waals surface area contributed by atoms with Gasteiger partial charge in [-0.15, -0.1) is 0 Å². The van der Waals surface area contributed by atoms with Gasteiger partial charge in [0.1, 0.15) is 0 Å². The molecule has 0 fully saturated rings. The number of carbonyl (C=O) groups excluding carboxylic acids is 1. The maximum Gasteiger partial charge on any atom is 0.239 e. The largest absolute Gasteiger partial charge is 0.375 e. The highest BCUT2D eigenvalue weighted by Crippen LogP contribution is 2.22. The molecule has 0 aliphatic heterocycles. The minimum Gasteiger partial charge on any atom is -0.375 e. The van der Waals surface area contributed by atoms with Crippen molar-refractivity contribution < 1.29 is 4.79 Å². The molecule has 0 heterocycles. The van der Waals surface area contributed by atoms with Gasteiger partial charge in [0.2, 0.25) is 5.91 Å². The molecule has 3 nitrogen and oxygen atoms in total. The van der Waals surface area contributed by atoms with Crippen molar-refractivity contribution in [2.45, 2.75) is 26.8 Å². The van der Waals surface area contributed by atoms with Crippen LogP contribution in [0.2, 0.25) is 0 Å². The summed E-state index contributed by atoms with van der Waals surface area (Å²) in [6.07, 6.45) is 0. The van der Waals surface area contributed by atoms with Gasteiger partial charge in [0.15, 0.2) is 0 Å². The van der Waals surface area contributed by atoms with Gasteiger partial charge in [-0.25, -0.2) is 0 Å². The molecule has 0 saturated heterocycles. The number of hydrogen-bond acceptors (Lipinski definition) is 2. The Morgan fingerprint density at radius 3 is 2.69 bits per heavy atom. The average molecular weight is 285 g/mol. The number of anilines is 1. The zero-order chi connectivity index (χ0) is 12.1. The van der Waals surface area contributed by atoms with E-state index >= 15 is 0 Å². The summed E-state index contributed by atoms with van der Waals surface area (Å²) in [6, 6.07) is 6.16. The Balaban J connectivity index is 2.51. The average Bonchev–Trinajstić information content (AvgIpc) is 2.15. The lowest BCUT2D eigenvalue weighted by molar-refractivity contribution is -0.119. The summed E-state index contributed by atoms with van der Waals surface area (Å²) in [5, 5.41) is 5.91. The fourth-order valence-corrected chi connectivity index (χ4v) is 1.95. The van der Waals surface area contributed by atoms with Crippen molar-refractivity contribution in [3.63, 3.8) is 0 Å². The second-order valence-electron chi connectivity index (χ2n) is 4.06. The minimum atomic E-state index is 0.00229. The van der Waals surface area contributed by atoms with Gasteiger partial charge in [0.05, 0.1) is 6.54 Å². The Bertz CT molecular complexity index is 377. The number of benzene rings is 1. The first-order valence-corrected chi connectivity index (χ1v) is 6.07. The van der Waals surface area contributed by atoms with E-state index in [2.05, 4.69) is 26.6 Å². The molecule has 1 amide bonds. The Kier molecular flexibility index (Phi) is 4.80. The summed E-state index contributed by atoms with van der Waals surface area (Å²) >= 11 is 3.45. The van der Waals surface area contributed by atoms with Gasteiger partial charge in [-0.05, 0) is 54.4 Å². The minimum absolute atomic E-state index is 0.00229. The lowest BCUT2D eigenvalue weighted by Crippen LogP contribution is -2.34. The summed E-state index contributed by atoms with van der Waals surface area (Å²) in [5.41, 5.74) is 2.12. The highest BCUT2D eigenvalue weighted by atomic mass is 79.9. The van der Waals surface area contributed by atoms with E-state index < -0.39 is 0 Å². The quantitative estimate of drug-likeness (QED) is 0.893. The molecule has 0 aliphatic rings. The fourth-order valence-electron chi connectivity index (χ4n) is 1.31. The Morgan fingerprint density at radius 1 is 1.44 bits per heavy atom. The third-order valence-corrected chi connectivity index (χ3v) is 2.67. The molecule has 1 aromatic rings. The van der Waals surface area contributed by atoms with E-state index in [9.17, 15) is 4.79 Å². The number of carbonyl (C=O) groups is 1. The first-order valence-electron chi connectivity index (χ1n) is 5.28. The number of aryl methyl sites for hydroxylation is 1. The molecule has 2 N–H and O–H groups in total. The van der Waals surface area contributed by atoms with Crippen LogP contribution in [-0.4, -0.2) is 18.5 Å². The first-order chi connectivity index (χ1) is 7.49. The van der Waals surface area contributed by atoms with Crippen molar-refractivity contribution >= 4 is 27.5 Å². The standard InChI is InChI=1S/C12H17BrN2O/c1-8(2)15-12(16)7-14-11-5-4-9(3)6-10(11)13/h4-6,8,14H,7H2,1-3H3,(H,15,16). The molecule has 0 saturated carbocycles. The van der Waals surface area contributed by atoms with Gasteiger partial charge < -0.3 is 10.6 Å². The van der Waals surface area contributed by atoms with Crippen LogP contribution in [0.1, 0.15) is 19.4 Å². The van der Waals surface area contributed by atoms with Crippen molar-refractivity contribution in [1.82, 2.24) is 5.32 Å². The van der Waals surface area contributed by atoms with E-state index in [1.165, 1.54) is 5.56 Å². The van der Waals surface area contributed by atoms with Gasteiger partial charge in [0.25, 0.3) is 0 Å². The Morgan fingerprint density at radius 2 is 2.12 bits per heavy atom. The maximum atomic E-state index is 11.4. The van der Waals surface area contributed by atoms with Crippen LogP contribution in [0.4, 0.5) is 5.69 Å². The van der Waals surface area contributed by atoms with Crippen LogP contribution in [0, 0.1) is 6.92 Å². The van der Waals surface area contributed by atoms with Crippen LogP contribution >= 0.6 is 15.9 Å². The van der Waals surface area contributed by atoms with Crippen molar-refractivity contribution in [3.8, 4) is 0 Å². The van der Waals surface area contributed by atoms with Gasteiger partial charge >= 0.3 is 0 Å². The molecule has 16 heavy (non-hydrogen) atoms. The summed E-state index contributed by atoms with van der Waals surface area (Å²) in [6.45, 7) is 6.21. The molecular weight excluding hydrogens is 268 g/mol. The van der Waals surface area contributed by atoms with Crippen LogP contribution in [0.3, 0.4) is 0 Å². The highest BCUT2D eigenvalue weighted by Gasteiger charge is 2.04. The zero-order valence-corrected chi connectivity index (χ0v) is 11.4. The van der Waals surface area contributed by atoms with Crippen molar-refractivity contribution in [2.24, 2.45) is 0 Å². The van der Waals surface area contributed by atoms with Crippen molar-refractivity contribution in [2.75, 3.05) is 11.9 Å². The third kappa shape index (κ3) is 4.23. The molecule has 88 valence electrons. The normalized spacial score (nSPS) is 10.3. The summed E-state index contributed by atoms with van der Waals surface area (Å²) in [7, 11) is 0. The molecule has 0 bridgehead atoms. The van der Waals surface area contributed by atoms with Gasteiger partial charge in [-0.1, -0.05) is 6.07 Å². The Hall–Kier alpha value is -1.03. The van der Waals surface area contributed by atoms with E-state index in [-0.39, 0.29) is 11.9 Å². The number of halogens is 1. The van der Waals surface area contributed by atoms with Crippen LogP contribution in [0.15, 0.2) is 22.7 Å². The van der Waals surface area contributed by atoms with Crippen LogP contribution in [0.5, 0.6) is 0 Å². The number of nitrogens with one attached hydrogen (secondary N) is 2. The number of hydrogen-bond donors (Lipinski definition) is 2. The van der Waals surface area contributed by atoms with Gasteiger partial charge in [-0.3, -0.25) is 4.79 Å². The van der Waals surface area contributed by atoms with E-state index in [1.54, 1.807) is 0 Å². The van der Waals surface area contributed by atoms with Gasteiger partial charge in [-0.2, -0.15) is 0 Å². The number of rotatable bonds is 4. The summed E-state index contributed by atoms with van der Waals surface area (Å²) in [5.74, 6) is 0.00229. The Labute approximate surface area is 105 Å². The predicted molar refractivity (Wildman–Crippen MR) is 70.6 cm³/mol. The highest BCUT2D eigenvalue weighted by molar-refractivity contribution is 9.10. The zero-order valence-electron chi connectivity index (χ0n) is 9.80. The van der Waals surface area contributed by atoms with E-state index in [0.717, 1.165) is 10.2 Å². The summed E-state index contributed by atoms with van der Waals surface area (Å²) in [4.78, 5) is 11.4. The van der Waals surface area contributed by atoms with Crippen molar-refractivity contribution in [1.29, 1.82) is 0 Å². The molecule has 0 aromatic heterocycles. The lowest BCUT2D eigenvalue weighted by atomic mass is 10.2. The van der Waals surface area contributed by atoms with Crippen LogP contribution < -0.4 is 10.6 Å². The topological polar surface area (TPSA) is 41.1 Å². The molecule has 0 unspecified atom stereocenters. The molecule has 1 aromatic carbocycles. The molecule has 4 heteroatoms. The summed E-state index contributed by atoms with van der Waals surface area (Å²) < 4.78 is 0.977. The maximum absolute atomic E-state index is 11.4. The molecule has 0 aliphatic carbocycles. The van der Waals surface area contributed by atoms with E-state index in [4.69, 9.17) is 0 Å². The lowest BCUT2D eigenvalue weighted by Gasteiger charge is -2.11.